The molecule has 0 saturated carbocycles. The van der Waals surface area contributed by atoms with Gasteiger partial charge in [0.15, 0.2) is 0 Å². The number of unbranched alkanes of at least 4 members (excludes halogenated alkanes) is 17. The summed E-state index contributed by atoms with van der Waals surface area (Å²) in [5.74, 6) is 4.89. The molecule has 6 nitrogen and oxygen atoms in total. The minimum Gasteiger partial charge on any atom is -0.338 e. The Morgan fingerprint density at radius 2 is 0.903 bits per heavy atom. The predicted molar refractivity (Wildman–Crippen MR) is 132 cm³/mol. The summed E-state index contributed by atoms with van der Waals surface area (Å²) < 4.78 is 0. The molecule has 0 aromatic carbocycles. The Balaban J connectivity index is 3.15. The van der Waals surface area contributed by atoms with Gasteiger partial charge in [0.1, 0.15) is 0 Å². The third kappa shape index (κ3) is 24.8. The van der Waals surface area contributed by atoms with Crippen molar-refractivity contribution >= 4 is 11.9 Å². The van der Waals surface area contributed by atoms with Gasteiger partial charge in [0.25, 0.3) is 0 Å². The lowest BCUT2D eigenvalue weighted by atomic mass is 10.0. The number of hydrogen-bond donors (Lipinski definition) is 4. The number of nitrogens with one attached hydrogen (secondary N) is 3. The molecule has 0 aromatic heterocycles. The van der Waals surface area contributed by atoms with Gasteiger partial charge in [-0.05, 0) is 19.3 Å². The summed E-state index contributed by atoms with van der Waals surface area (Å²) in [5, 5.41) is 5.78. The number of nitrogens with two attached hydrogens (primary N) is 1. The summed E-state index contributed by atoms with van der Waals surface area (Å²) in [6.07, 6.45) is 24.8. The second-order valence-corrected chi connectivity index (χ2v) is 8.86. The van der Waals surface area contributed by atoms with Crippen LogP contribution in [0.25, 0.3) is 0 Å². The fraction of sp³-hybridized carbons (Fsp3) is 0.920. The molecule has 3 amide bonds. The quantitative estimate of drug-likeness (QED) is 0.0669. The van der Waals surface area contributed by atoms with Crippen molar-refractivity contribution in [2.45, 2.75) is 135 Å². The van der Waals surface area contributed by atoms with Crippen LogP contribution in [0, 0.1) is 0 Å². The smallest absolute Gasteiger partial charge is 0.314 e. The molecule has 6 heteroatoms. The normalized spacial score (nSPS) is 10.8. The Hall–Kier alpha value is -1.30. The first-order valence-electron chi connectivity index (χ1n) is 13.2. The van der Waals surface area contributed by atoms with Crippen LogP contribution in [0.2, 0.25) is 0 Å². The molecule has 0 aliphatic carbocycles. The zero-order chi connectivity index (χ0) is 22.8. The zero-order valence-electron chi connectivity index (χ0n) is 20.5. The van der Waals surface area contributed by atoms with Gasteiger partial charge in [-0.1, -0.05) is 110 Å². The highest BCUT2D eigenvalue weighted by Crippen LogP contribution is 2.13. The molecule has 0 rings (SSSR count). The molecule has 0 bridgehead atoms. The van der Waals surface area contributed by atoms with Gasteiger partial charge in [0.2, 0.25) is 5.91 Å². The molecule has 0 aliphatic heterocycles. The average molecular weight is 441 g/mol. The Bertz CT molecular complexity index is 405. The van der Waals surface area contributed by atoms with Gasteiger partial charge >= 0.3 is 6.03 Å². The average Bonchev–Trinajstić information content (AvgIpc) is 2.78. The van der Waals surface area contributed by atoms with Crippen molar-refractivity contribution in [2.75, 3.05) is 13.1 Å². The largest absolute Gasteiger partial charge is 0.338 e. The minimum absolute atomic E-state index is 0.0827. The molecule has 0 aromatic rings. The second-order valence-electron chi connectivity index (χ2n) is 8.86. The van der Waals surface area contributed by atoms with Crippen molar-refractivity contribution in [2.24, 2.45) is 5.84 Å². The molecule has 0 aliphatic rings. The van der Waals surface area contributed by atoms with Crippen LogP contribution in [0.5, 0.6) is 0 Å². The van der Waals surface area contributed by atoms with E-state index in [4.69, 9.17) is 5.84 Å². The van der Waals surface area contributed by atoms with Gasteiger partial charge in [0.05, 0.1) is 0 Å². The van der Waals surface area contributed by atoms with Gasteiger partial charge in [-0.2, -0.15) is 0 Å². The van der Waals surface area contributed by atoms with E-state index in [2.05, 4.69) is 23.0 Å². The zero-order valence-corrected chi connectivity index (χ0v) is 20.5. The lowest BCUT2D eigenvalue weighted by Crippen LogP contribution is -2.36. The first kappa shape index (κ1) is 29.7. The highest BCUT2D eigenvalue weighted by Gasteiger charge is 2.00. The van der Waals surface area contributed by atoms with Gasteiger partial charge in [-0.15, -0.1) is 0 Å². The molecule has 0 atom stereocenters. The van der Waals surface area contributed by atoms with E-state index in [0.29, 0.717) is 13.0 Å². The number of rotatable bonds is 23. The number of hydrogen-bond acceptors (Lipinski definition) is 3. The number of amides is 3. The summed E-state index contributed by atoms with van der Waals surface area (Å²) >= 11 is 0. The fourth-order valence-electron chi connectivity index (χ4n) is 3.80. The number of urea groups is 1. The molecule has 0 fully saturated rings. The van der Waals surface area contributed by atoms with Crippen LogP contribution in [0.1, 0.15) is 135 Å². The SMILES string of the molecule is CCCCCCCCCCCCCCCCCCNC(=O)NCCCCCC(=O)NN. The first-order valence-corrected chi connectivity index (χ1v) is 13.2. The van der Waals surface area contributed by atoms with Crippen molar-refractivity contribution in [1.82, 2.24) is 16.1 Å². The van der Waals surface area contributed by atoms with Crippen LogP contribution in [0.3, 0.4) is 0 Å². The topological polar surface area (TPSA) is 96.2 Å². The van der Waals surface area contributed by atoms with Gasteiger partial charge in [-0.25, -0.2) is 10.6 Å². The summed E-state index contributed by atoms with van der Waals surface area (Å²) in [7, 11) is 0. The Morgan fingerprint density at radius 3 is 1.29 bits per heavy atom. The molecule has 0 heterocycles. The van der Waals surface area contributed by atoms with Crippen LogP contribution in [0.4, 0.5) is 4.79 Å². The van der Waals surface area contributed by atoms with E-state index in [-0.39, 0.29) is 11.9 Å². The number of carbonyl (C=O) groups is 2. The molecule has 0 radical (unpaired) electrons. The van der Waals surface area contributed by atoms with Gasteiger partial charge in [-0.3, -0.25) is 10.2 Å². The first-order chi connectivity index (χ1) is 15.2. The summed E-state index contributed by atoms with van der Waals surface area (Å²) in [6.45, 7) is 3.68. The minimum atomic E-state index is -0.135. The van der Waals surface area contributed by atoms with Gasteiger partial charge in [0, 0.05) is 19.5 Å². The van der Waals surface area contributed by atoms with E-state index < -0.39 is 0 Å². The summed E-state index contributed by atoms with van der Waals surface area (Å²) in [4.78, 5) is 22.7. The number of carbonyl (C=O) groups excluding carboxylic acids is 2. The van der Waals surface area contributed by atoms with Crippen molar-refractivity contribution in [1.29, 1.82) is 0 Å². The van der Waals surface area contributed by atoms with Crippen LogP contribution in [-0.4, -0.2) is 25.0 Å². The maximum Gasteiger partial charge on any atom is 0.314 e. The van der Waals surface area contributed by atoms with E-state index in [0.717, 1.165) is 32.2 Å². The second kappa shape index (κ2) is 25.0. The van der Waals surface area contributed by atoms with Crippen LogP contribution >= 0.6 is 0 Å². The van der Waals surface area contributed by atoms with E-state index in [1.165, 1.54) is 96.3 Å². The molecular formula is C25H52N4O2. The maximum absolute atomic E-state index is 11.7. The highest BCUT2D eigenvalue weighted by atomic mass is 16.2. The summed E-state index contributed by atoms with van der Waals surface area (Å²) in [6, 6.07) is -0.0827. The van der Waals surface area contributed by atoms with Crippen LogP contribution < -0.4 is 21.9 Å². The Labute approximate surface area is 192 Å². The van der Waals surface area contributed by atoms with E-state index >= 15 is 0 Å². The van der Waals surface area contributed by atoms with Crippen molar-refractivity contribution in [3.8, 4) is 0 Å². The highest BCUT2D eigenvalue weighted by molar-refractivity contribution is 5.75. The lowest BCUT2D eigenvalue weighted by molar-refractivity contribution is -0.121. The summed E-state index contributed by atoms with van der Waals surface area (Å²) in [5.41, 5.74) is 2.12. The molecule has 31 heavy (non-hydrogen) atoms. The Morgan fingerprint density at radius 1 is 0.548 bits per heavy atom. The maximum atomic E-state index is 11.7. The van der Waals surface area contributed by atoms with Crippen molar-refractivity contribution < 1.29 is 9.59 Å². The molecule has 0 unspecified atom stereocenters. The predicted octanol–water partition coefficient (Wildman–Crippen LogP) is 6.10. The lowest BCUT2D eigenvalue weighted by Gasteiger charge is -2.07. The van der Waals surface area contributed by atoms with Crippen molar-refractivity contribution in [3.63, 3.8) is 0 Å². The molecule has 0 saturated heterocycles. The fourth-order valence-corrected chi connectivity index (χ4v) is 3.80. The molecule has 5 N–H and O–H groups in total. The molecule has 184 valence electrons. The molecule has 0 spiro atoms. The van der Waals surface area contributed by atoms with Gasteiger partial charge < -0.3 is 10.6 Å². The third-order valence-corrected chi connectivity index (χ3v) is 5.84. The van der Waals surface area contributed by atoms with Crippen molar-refractivity contribution in [3.05, 3.63) is 0 Å². The number of hydrazine groups is 1. The van der Waals surface area contributed by atoms with E-state index in [9.17, 15) is 9.59 Å². The molecular weight excluding hydrogens is 388 g/mol. The monoisotopic (exact) mass is 440 g/mol. The standard InChI is InChI=1S/C25H52N4O2/c1-2-3-4-5-6-7-8-9-10-11-12-13-14-15-16-19-22-27-25(31)28-23-20-17-18-21-24(30)29-26/h2-23,26H2,1H3,(H,29,30)(H2,27,28,31). The van der Waals surface area contributed by atoms with Crippen LogP contribution in [0.15, 0.2) is 0 Å². The van der Waals surface area contributed by atoms with Crippen LogP contribution in [-0.2, 0) is 4.79 Å². The van der Waals surface area contributed by atoms with E-state index in [1.54, 1.807) is 0 Å². The Kier molecular flexibility index (Phi) is 23.9. The third-order valence-electron chi connectivity index (χ3n) is 5.84. The van der Waals surface area contributed by atoms with E-state index in [1.807, 2.05) is 0 Å².